The van der Waals surface area contributed by atoms with Crippen LogP contribution in [-0.4, -0.2) is 77.1 Å². The summed E-state index contributed by atoms with van der Waals surface area (Å²) in [7, 11) is 1.68. The van der Waals surface area contributed by atoms with E-state index in [9.17, 15) is 0 Å². The second-order valence-corrected chi connectivity index (χ2v) is 6.17. The summed E-state index contributed by atoms with van der Waals surface area (Å²) in [6.45, 7) is 12.6. The van der Waals surface area contributed by atoms with Crippen molar-refractivity contribution in [2.24, 2.45) is 10.9 Å². The van der Waals surface area contributed by atoms with E-state index in [0.29, 0.717) is 19.8 Å². The van der Waals surface area contributed by atoms with Crippen LogP contribution in [0.2, 0.25) is 0 Å². The van der Waals surface area contributed by atoms with Crippen molar-refractivity contribution in [2.45, 2.75) is 33.1 Å². The molecule has 0 unspecified atom stereocenters. The van der Waals surface area contributed by atoms with E-state index >= 15 is 0 Å². The highest BCUT2D eigenvalue weighted by Crippen LogP contribution is 2.15. The van der Waals surface area contributed by atoms with Crippen LogP contribution in [0.25, 0.3) is 0 Å². The molecule has 0 spiro atoms. The van der Waals surface area contributed by atoms with Crippen LogP contribution in [0, 0.1) is 5.92 Å². The van der Waals surface area contributed by atoms with E-state index in [-0.39, 0.29) is 0 Å². The third-order valence-corrected chi connectivity index (χ3v) is 4.09. The minimum atomic E-state index is 0.639. The van der Waals surface area contributed by atoms with Crippen molar-refractivity contribution in [3.63, 3.8) is 0 Å². The molecule has 136 valence electrons. The molecule has 0 radical (unpaired) electrons. The van der Waals surface area contributed by atoms with E-state index in [1.54, 1.807) is 7.11 Å². The van der Waals surface area contributed by atoms with Crippen molar-refractivity contribution in [1.82, 2.24) is 15.5 Å². The van der Waals surface area contributed by atoms with Gasteiger partial charge in [-0.25, -0.2) is 0 Å². The smallest absolute Gasteiger partial charge is 0.191 e. The number of piperidine rings is 1. The van der Waals surface area contributed by atoms with E-state index in [1.807, 2.05) is 0 Å². The molecule has 6 heteroatoms. The average molecular weight is 329 g/mol. The molecule has 2 N–H and O–H groups in total. The largest absolute Gasteiger partial charge is 0.382 e. The number of rotatable bonds is 11. The SMILES string of the molecule is CCNC(=NCCCN1CCC(C)CC1)NCCOCCOC. The average Bonchev–Trinajstić information content (AvgIpc) is 2.56. The predicted octanol–water partition coefficient (Wildman–Crippen LogP) is 1.33. The van der Waals surface area contributed by atoms with Gasteiger partial charge in [0.05, 0.1) is 19.8 Å². The van der Waals surface area contributed by atoms with Gasteiger partial charge in [-0.15, -0.1) is 0 Å². The Hall–Kier alpha value is -0.850. The molecule has 1 rings (SSSR count). The number of nitrogens with zero attached hydrogens (tertiary/aromatic N) is 2. The Bertz CT molecular complexity index is 305. The third-order valence-electron chi connectivity index (χ3n) is 4.09. The molecule has 0 aromatic carbocycles. The molecule has 6 nitrogen and oxygen atoms in total. The van der Waals surface area contributed by atoms with Gasteiger partial charge in [-0.3, -0.25) is 4.99 Å². The highest BCUT2D eigenvalue weighted by Gasteiger charge is 2.14. The molecule has 23 heavy (non-hydrogen) atoms. The first-order valence-electron chi connectivity index (χ1n) is 9.07. The molecule has 1 fully saturated rings. The second-order valence-electron chi connectivity index (χ2n) is 6.17. The monoisotopic (exact) mass is 328 g/mol. The third kappa shape index (κ3) is 10.5. The lowest BCUT2D eigenvalue weighted by atomic mass is 9.99. The van der Waals surface area contributed by atoms with Gasteiger partial charge < -0.3 is 25.0 Å². The number of aliphatic imine (C=N–C) groups is 1. The van der Waals surface area contributed by atoms with Crippen LogP contribution in [0.5, 0.6) is 0 Å². The quantitative estimate of drug-likeness (QED) is 0.340. The number of hydrogen-bond acceptors (Lipinski definition) is 4. The molecule has 0 aromatic heterocycles. The van der Waals surface area contributed by atoms with Crippen molar-refractivity contribution in [3.05, 3.63) is 0 Å². The normalized spacial score (nSPS) is 17.4. The summed E-state index contributed by atoms with van der Waals surface area (Å²) >= 11 is 0. The molecule has 1 heterocycles. The van der Waals surface area contributed by atoms with Crippen LogP contribution in [0.1, 0.15) is 33.1 Å². The first-order chi connectivity index (χ1) is 11.3. The number of methoxy groups -OCH3 is 1. The molecular formula is C17H36N4O2. The van der Waals surface area contributed by atoms with E-state index in [1.165, 1.54) is 25.9 Å². The Morgan fingerprint density at radius 3 is 2.65 bits per heavy atom. The molecule has 0 saturated carbocycles. The van der Waals surface area contributed by atoms with Crippen LogP contribution in [0.3, 0.4) is 0 Å². The van der Waals surface area contributed by atoms with Gasteiger partial charge in [-0.1, -0.05) is 6.92 Å². The first kappa shape index (κ1) is 20.2. The minimum absolute atomic E-state index is 0.639. The molecule has 1 saturated heterocycles. The van der Waals surface area contributed by atoms with Crippen LogP contribution >= 0.6 is 0 Å². The second kappa shape index (κ2) is 13.6. The summed E-state index contributed by atoms with van der Waals surface area (Å²) in [6, 6.07) is 0. The topological polar surface area (TPSA) is 58.1 Å². The lowest BCUT2D eigenvalue weighted by molar-refractivity contribution is 0.0733. The number of likely N-dealkylation sites (tertiary alicyclic amines) is 1. The molecular weight excluding hydrogens is 292 g/mol. The molecule has 0 atom stereocenters. The van der Waals surface area contributed by atoms with Gasteiger partial charge in [0.15, 0.2) is 5.96 Å². The van der Waals surface area contributed by atoms with Gasteiger partial charge in [0.1, 0.15) is 0 Å². The molecule has 0 amide bonds. The van der Waals surface area contributed by atoms with Crippen LogP contribution in [0.4, 0.5) is 0 Å². The Morgan fingerprint density at radius 2 is 1.96 bits per heavy atom. The summed E-state index contributed by atoms with van der Waals surface area (Å²) in [5.74, 6) is 1.79. The lowest BCUT2D eigenvalue weighted by Gasteiger charge is -2.29. The zero-order chi connectivity index (χ0) is 16.8. The van der Waals surface area contributed by atoms with Crippen molar-refractivity contribution in [2.75, 3.05) is 66.2 Å². The maximum Gasteiger partial charge on any atom is 0.191 e. The Morgan fingerprint density at radius 1 is 1.17 bits per heavy atom. The summed E-state index contributed by atoms with van der Waals surface area (Å²) in [5.41, 5.74) is 0. The molecule has 0 aliphatic carbocycles. The maximum absolute atomic E-state index is 5.44. The number of ether oxygens (including phenoxy) is 2. The Balaban J connectivity index is 2.10. The van der Waals surface area contributed by atoms with Gasteiger partial charge >= 0.3 is 0 Å². The van der Waals surface area contributed by atoms with E-state index in [4.69, 9.17) is 9.47 Å². The van der Waals surface area contributed by atoms with E-state index in [0.717, 1.165) is 44.5 Å². The number of hydrogen-bond donors (Lipinski definition) is 2. The van der Waals surface area contributed by atoms with Gasteiger partial charge in [-0.2, -0.15) is 0 Å². The lowest BCUT2D eigenvalue weighted by Crippen LogP contribution is -2.39. The fourth-order valence-corrected chi connectivity index (χ4v) is 2.60. The van der Waals surface area contributed by atoms with Gasteiger partial charge in [0.25, 0.3) is 0 Å². The molecule has 1 aliphatic heterocycles. The maximum atomic E-state index is 5.44. The van der Waals surface area contributed by atoms with E-state index < -0.39 is 0 Å². The van der Waals surface area contributed by atoms with Crippen LogP contribution in [0.15, 0.2) is 4.99 Å². The van der Waals surface area contributed by atoms with Crippen molar-refractivity contribution >= 4 is 5.96 Å². The number of nitrogens with one attached hydrogen (secondary N) is 2. The predicted molar refractivity (Wildman–Crippen MR) is 96.1 cm³/mol. The molecule has 0 aromatic rings. The zero-order valence-electron chi connectivity index (χ0n) is 15.3. The summed E-state index contributed by atoms with van der Waals surface area (Å²) < 4.78 is 10.4. The fourth-order valence-electron chi connectivity index (χ4n) is 2.60. The van der Waals surface area contributed by atoms with Gasteiger partial charge in [0, 0.05) is 26.7 Å². The van der Waals surface area contributed by atoms with Crippen molar-refractivity contribution in [1.29, 1.82) is 0 Å². The fraction of sp³-hybridized carbons (Fsp3) is 0.941. The minimum Gasteiger partial charge on any atom is -0.382 e. The highest BCUT2D eigenvalue weighted by atomic mass is 16.5. The highest BCUT2D eigenvalue weighted by molar-refractivity contribution is 5.79. The Kier molecular flexibility index (Phi) is 11.9. The molecule has 1 aliphatic rings. The van der Waals surface area contributed by atoms with E-state index in [2.05, 4.69) is 34.4 Å². The molecule has 0 bridgehead atoms. The van der Waals surface area contributed by atoms with Crippen molar-refractivity contribution < 1.29 is 9.47 Å². The first-order valence-corrected chi connectivity index (χ1v) is 9.07. The zero-order valence-corrected chi connectivity index (χ0v) is 15.3. The summed E-state index contributed by atoms with van der Waals surface area (Å²) in [5, 5.41) is 6.58. The summed E-state index contributed by atoms with van der Waals surface area (Å²) in [4.78, 5) is 7.20. The standard InChI is InChI=1S/C17H36N4O2/c1-4-18-17(20-9-13-23-15-14-22-3)19-8-5-10-21-11-6-16(2)7-12-21/h16H,4-15H2,1-3H3,(H2,18,19,20). The van der Waals surface area contributed by atoms with Gasteiger partial charge in [-0.05, 0) is 51.7 Å². The van der Waals surface area contributed by atoms with Gasteiger partial charge in [0.2, 0.25) is 0 Å². The Labute approximate surface area is 142 Å². The number of guanidine groups is 1. The van der Waals surface area contributed by atoms with Crippen LogP contribution in [-0.2, 0) is 9.47 Å². The van der Waals surface area contributed by atoms with Crippen LogP contribution < -0.4 is 10.6 Å². The van der Waals surface area contributed by atoms with Crippen molar-refractivity contribution in [3.8, 4) is 0 Å². The summed E-state index contributed by atoms with van der Waals surface area (Å²) in [6.07, 6.45) is 3.81.